The summed E-state index contributed by atoms with van der Waals surface area (Å²) in [4.78, 5) is 20.0. The number of hydrogen-bond donors (Lipinski definition) is 0. The van der Waals surface area contributed by atoms with E-state index in [0.717, 1.165) is 40.7 Å². The monoisotopic (exact) mass is 379 g/mol. The Hall–Kier alpha value is -2.60. The van der Waals surface area contributed by atoms with Gasteiger partial charge in [-0.05, 0) is 50.5 Å². The molecule has 3 rings (SSSR count). The fourth-order valence-corrected chi connectivity index (χ4v) is 3.47. The van der Waals surface area contributed by atoms with E-state index in [4.69, 9.17) is 4.98 Å². The first-order valence-electron chi connectivity index (χ1n) is 9.04. The van der Waals surface area contributed by atoms with E-state index in [2.05, 4.69) is 58.1 Å². The molecular formula is C21H25N5S. The van der Waals surface area contributed by atoms with Crippen LogP contribution in [0.3, 0.4) is 0 Å². The molecule has 0 aliphatic heterocycles. The van der Waals surface area contributed by atoms with Gasteiger partial charge in [0.15, 0.2) is 0 Å². The summed E-state index contributed by atoms with van der Waals surface area (Å²) in [7, 11) is 2.03. The molecular weight excluding hydrogens is 354 g/mol. The zero-order valence-electron chi connectivity index (χ0n) is 16.5. The van der Waals surface area contributed by atoms with Crippen LogP contribution in [0.4, 0.5) is 5.69 Å². The van der Waals surface area contributed by atoms with Gasteiger partial charge in [0, 0.05) is 43.4 Å². The maximum absolute atomic E-state index is 4.77. The Morgan fingerprint density at radius 2 is 1.85 bits per heavy atom. The summed E-state index contributed by atoms with van der Waals surface area (Å²) in [6, 6.07) is 4.39. The van der Waals surface area contributed by atoms with Crippen LogP contribution >= 0.6 is 11.3 Å². The Kier molecular flexibility index (Phi) is 5.96. The van der Waals surface area contributed by atoms with Gasteiger partial charge in [-0.1, -0.05) is 6.07 Å². The van der Waals surface area contributed by atoms with Gasteiger partial charge in [-0.3, -0.25) is 0 Å². The highest BCUT2D eigenvalue weighted by atomic mass is 32.1. The number of aryl methyl sites for hydroxylation is 3. The fourth-order valence-electron chi connectivity index (χ4n) is 2.65. The Labute approximate surface area is 164 Å². The third-order valence-electron chi connectivity index (χ3n) is 4.52. The SMILES string of the molecule is CCN(C)C=Nc1cc(C)c(Cc2nc(-c3cnc(C)nc3)cs2)cc1C. The van der Waals surface area contributed by atoms with Crippen LogP contribution in [0, 0.1) is 20.8 Å². The second kappa shape index (κ2) is 8.39. The first-order valence-corrected chi connectivity index (χ1v) is 9.92. The minimum absolute atomic E-state index is 0.771. The summed E-state index contributed by atoms with van der Waals surface area (Å²) in [6.45, 7) is 9.18. The minimum atomic E-state index is 0.771. The molecule has 6 heteroatoms. The predicted octanol–water partition coefficient (Wildman–Crippen LogP) is 4.73. The van der Waals surface area contributed by atoms with Crippen LogP contribution < -0.4 is 0 Å². The van der Waals surface area contributed by atoms with Gasteiger partial charge >= 0.3 is 0 Å². The van der Waals surface area contributed by atoms with Crippen molar-refractivity contribution in [2.45, 2.75) is 34.1 Å². The molecule has 5 nitrogen and oxygen atoms in total. The van der Waals surface area contributed by atoms with Gasteiger partial charge in [0.05, 0.1) is 22.7 Å². The average molecular weight is 380 g/mol. The van der Waals surface area contributed by atoms with Crippen LogP contribution in [-0.2, 0) is 6.42 Å². The van der Waals surface area contributed by atoms with Crippen LogP contribution in [0.25, 0.3) is 11.3 Å². The molecule has 0 spiro atoms. The highest BCUT2D eigenvalue weighted by Crippen LogP contribution is 2.27. The van der Waals surface area contributed by atoms with E-state index < -0.39 is 0 Å². The molecule has 0 unspecified atom stereocenters. The van der Waals surface area contributed by atoms with Crippen LogP contribution in [0.2, 0.25) is 0 Å². The highest BCUT2D eigenvalue weighted by Gasteiger charge is 2.10. The summed E-state index contributed by atoms with van der Waals surface area (Å²) in [5, 5.41) is 3.17. The molecule has 0 atom stereocenters. The van der Waals surface area contributed by atoms with E-state index in [1.54, 1.807) is 11.3 Å². The van der Waals surface area contributed by atoms with Gasteiger partial charge in [0.2, 0.25) is 0 Å². The zero-order valence-corrected chi connectivity index (χ0v) is 17.3. The maximum atomic E-state index is 4.77. The summed E-state index contributed by atoms with van der Waals surface area (Å²) in [5.41, 5.74) is 6.63. The van der Waals surface area contributed by atoms with Crippen LogP contribution in [0.5, 0.6) is 0 Å². The van der Waals surface area contributed by atoms with E-state index in [0.29, 0.717) is 0 Å². The zero-order chi connectivity index (χ0) is 19.4. The van der Waals surface area contributed by atoms with Crippen molar-refractivity contribution in [1.82, 2.24) is 19.9 Å². The van der Waals surface area contributed by atoms with Gasteiger partial charge in [0.25, 0.3) is 0 Å². The lowest BCUT2D eigenvalue weighted by Crippen LogP contribution is -2.14. The molecule has 0 saturated carbocycles. The smallest absolute Gasteiger partial charge is 0.125 e. The van der Waals surface area contributed by atoms with Gasteiger partial charge in [-0.25, -0.2) is 19.9 Å². The number of aliphatic imine (C=N–C) groups is 1. The van der Waals surface area contributed by atoms with Crippen LogP contribution in [0.1, 0.15) is 34.4 Å². The lowest BCUT2D eigenvalue weighted by molar-refractivity contribution is 0.552. The topological polar surface area (TPSA) is 54.3 Å². The van der Waals surface area contributed by atoms with E-state index in [9.17, 15) is 0 Å². The van der Waals surface area contributed by atoms with Crippen molar-refractivity contribution in [1.29, 1.82) is 0 Å². The molecule has 27 heavy (non-hydrogen) atoms. The molecule has 140 valence electrons. The molecule has 0 bridgehead atoms. The number of aromatic nitrogens is 3. The van der Waals surface area contributed by atoms with E-state index in [-0.39, 0.29) is 0 Å². The maximum Gasteiger partial charge on any atom is 0.125 e. The number of nitrogens with zero attached hydrogens (tertiary/aromatic N) is 5. The van der Waals surface area contributed by atoms with Gasteiger partial charge < -0.3 is 4.90 Å². The third kappa shape index (κ3) is 4.77. The number of rotatable bonds is 6. The molecule has 0 aliphatic rings. The molecule has 2 heterocycles. The average Bonchev–Trinajstić information content (AvgIpc) is 3.12. The second-order valence-electron chi connectivity index (χ2n) is 6.71. The lowest BCUT2D eigenvalue weighted by Gasteiger charge is -2.11. The van der Waals surface area contributed by atoms with Crippen molar-refractivity contribution >= 4 is 23.4 Å². The third-order valence-corrected chi connectivity index (χ3v) is 5.37. The van der Waals surface area contributed by atoms with Crippen molar-refractivity contribution in [3.63, 3.8) is 0 Å². The molecule has 0 amide bonds. The van der Waals surface area contributed by atoms with Gasteiger partial charge in [-0.2, -0.15) is 0 Å². The molecule has 1 aromatic carbocycles. The Bertz CT molecular complexity index is 944. The van der Waals surface area contributed by atoms with Crippen molar-refractivity contribution in [3.8, 4) is 11.3 Å². The van der Waals surface area contributed by atoms with Crippen molar-refractivity contribution in [3.05, 3.63) is 57.4 Å². The van der Waals surface area contributed by atoms with Crippen molar-refractivity contribution in [2.24, 2.45) is 4.99 Å². The summed E-state index contributed by atoms with van der Waals surface area (Å²) in [6.07, 6.45) is 6.37. The molecule has 3 aromatic rings. The normalized spacial score (nSPS) is 11.3. The molecule has 0 fully saturated rings. The molecule has 0 aliphatic carbocycles. The van der Waals surface area contributed by atoms with Crippen molar-refractivity contribution < 1.29 is 0 Å². The molecule has 0 N–H and O–H groups in total. The molecule has 0 radical (unpaired) electrons. The molecule has 0 saturated heterocycles. The summed E-state index contributed by atoms with van der Waals surface area (Å²) < 4.78 is 0. The van der Waals surface area contributed by atoms with Gasteiger partial charge in [-0.15, -0.1) is 11.3 Å². The number of hydrogen-bond acceptors (Lipinski definition) is 5. The number of thiazole rings is 1. The quantitative estimate of drug-likeness (QED) is 0.459. The molecule has 2 aromatic heterocycles. The van der Waals surface area contributed by atoms with E-state index >= 15 is 0 Å². The number of benzene rings is 1. The minimum Gasteiger partial charge on any atom is -0.366 e. The predicted molar refractivity (Wildman–Crippen MR) is 113 cm³/mol. The second-order valence-corrected chi connectivity index (χ2v) is 7.65. The first-order chi connectivity index (χ1) is 13.0. The Morgan fingerprint density at radius 1 is 1.11 bits per heavy atom. The van der Waals surface area contributed by atoms with Crippen molar-refractivity contribution in [2.75, 3.05) is 13.6 Å². The fraction of sp³-hybridized carbons (Fsp3) is 0.333. The van der Waals surface area contributed by atoms with Crippen LogP contribution in [0.15, 0.2) is 34.9 Å². The Morgan fingerprint density at radius 3 is 2.56 bits per heavy atom. The lowest BCUT2D eigenvalue weighted by atomic mass is 10.0. The first kappa shape index (κ1) is 19.2. The standard InChI is InChI=1S/C21H25N5S/c1-6-26(5)13-24-19-8-14(2)17(7-15(19)3)9-21-25-20(12-27-21)18-10-22-16(4)23-11-18/h7-8,10-13H,6,9H2,1-5H3. The summed E-state index contributed by atoms with van der Waals surface area (Å²) in [5.74, 6) is 0.771. The highest BCUT2D eigenvalue weighted by molar-refractivity contribution is 7.10. The largest absolute Gasteiger partial charge is 0.366 e. The van der Waals surface area contributed by atoms with E-state index in [1.807, 2.05) is 32.7 Å². The van der Waals surface area contributed by atoms with Crippen LogP contribution in [-0.4, -0.2) is 39.8 Å². The summed E-state index contributed by atoms with van der Waals surface area (Å²) >= 11 is 1.68. The van der Waals surface area contributed by atoms with E-state index in [1.165, 1.54) is 16.7 Å². The Balaban J connectivity index is 1.79. The van der Waals surface area contributed by atoms with Gasteiger partial charge in [0.1, 0.15) is 5.82 Å².